The first-order valence-corrected chi connectivity index (χ1v) is 8.45. The number of nitrogens with zero attached hydrogens (tertiary/aromatic N) is 2. The third-order valence-electron chi connectivity index (χ3n) is 3.31. The van der Waals surface area contributed by atoms with E-state index in [0.29, 0.717) is 12.5 Å². The first kappa shape index (κ1) is 22.5. The van der Waals surface area contributed by atoms with Gasteiger partial charge in [0.05, 0.1) is 6.54 Å². The van der Waals surface area contributed by atoms with Crippen LogP contribution in [0.2, 0.25) is 0 Å². The molecule has 0 radical (unpaired) electrons. The molecule has 2 aromatic rings. The Labute approximate surface area is 171 Å². The van der Waals surface area contributed by atoms with Gasteiger partial charge < -0.3 is 15.4 Å². The Balaban J connectivity index is 0.00000338. The molecule has 0 atom stereocenters. The Kier molecular flexibility index (Phi) is 9.70. The zero-order valence-electron chi connectivity index (χ0n) is 14.3. The normalized spacial score (nSPS) is 11.2. The highest BCUT2D eigenvalue weighted by atomic mass is 127. The molecule has 26 heavy (non-hydrogen) atoms. The second-order valence-corrected chi connectivity index (χ2v) is 6.15. The Morgan fingerprint density at radius 3 is 2.65 bits per heavy atom. The third-order valence-corrected chi connectivity index (χ3v) is 4.45. The summed E-state index contributed by atoms with van der Waals surface area (Å²) in [7, 11) is 1.56. The van der Waals surface area contributed by atoms with Crippen molar-refractivity contribution in [3.63, 3.8) is 0 Å². The van der Waals surface area contributed by atoms with Crippen LogP contribution in [0.4, 0.5) is 13.2 Å². The Morgan fingerprint density at radius 1 is 1.31 bits per heavy atom. The highest BCUT2D eigenvalue weighted by Gasteiger charge is 2.14. The molecule has 0 fully saturated rings. The predicted molar refractivity (Wildman–Crippen MR) is 107 cm³/mol. The van der Waals surface area contributed by atoms with Gasteiger partial charge in [-0.3, -0.25) is 4.99 Å². The lowest BCUT2D eigenvalue weighted by molar-refractivity contribution is -0.0506. The summed E-state index contributed by atoms with van der Waals surface area (Å²) in [5, 5.41) is 6.83. The number of halogens is 4. The van der Waals surface area contributed by atoms with Crippen LogP contribution < -0.4 is 15.4 Å². The molecule has 0 aliphatic rings. The molecule has 1 aromatic carbocycles. The van der Waals surface area contributed by atoms with E-state index in [2.05, 4.69) is 32.3 Å². The maximum absolute atomic E-state index is 13.9. The number of rotatable bonds is 7. The molecule has 2 rings (SSSR count). The van der Waals surface area contributed by atoms with Crippen molar-refractivity contribution in [2.45, 2.75) is 33.0 Å². The number of aryl methyl sites for hydroxylation is 1. The van der Waals surface area contributed by atoms with E-state index in [1.807, 2.05) is 6.20 Å². The van der Waals surface area contributed by atoms with Gasteiger partial charge in [0.2, 0.25) is 0 Å². The summed E-state index contributed by atoms with van der Waals surface area (Å²) < 4.78 is 43.1. The van der Waals surface area contributed by atoms with Crippen LogP contribution in [0.25, 0.3) is 0 Å². The Morgan fingerprint density at radius 2 is 2.04 bits per heavy atom. The smallest absolute Gasteiger partial charge is 0.387 e. The van der Waals surface area contributed by atoms with Gasteiger partial charge in [0, 0.05) is 30.2 Å². The average Bonchev–Trinajstić information content (AvgIpc) is 3.04. The van der Waals surface area contributed by atoms with Crippen molar-refractivity contribution in [1.82, 2.24) is 15.6 Å². The molecule has 10 heteroatoms. The number of guanidine groups is 1. The summed E-state index contributed by atoms with van der Waals surface area (Å²) in [4.78, 5) is 9.49. The minimum Gasteiger partial charge on any atom is -0.434 e. The monoisotopic (exact) mass is 500 g/mol. The number of thiazole rings is 1. The molecule has 0 saturated carbocycles. The lowest BCUT2D eigenvalue weighted by Crippen LogP contribution is -2.36. The van der Waals surface area contributed by atoms with E-state index in [0.717, 1.165) is 11.4 Å². The van der Waals surface area contributed by atoms with Crippen LogP contribution in [0.5, 0.6) is 5.75 Å². The molecule has 0 aliphatic heterocycles. The number of hydrogen-bond donors (Lipinski definition) is 2. The summed E-state index contributed by atoms with van der Waals surface area (Å²) in [6.45, 7) is -0.552. The Bertz CT molecular complexity index is 727. The van der Waals surface area contributed by atoms with E-state index in [4.69, 9.17) is 0 Å². The summed E-state index contributed by atoms with van der Waals surface area (Å²) >= 11 is 1.59. The van der Waals surface area contributed by atoms with Crippen molar-refractivity contribution in [1.29, 1.82) is 0 Å². The molecule has 5 nitrogen and oxygen atoms in total. The van der Waals surface area contributed by atoms with Gasteiger partial charge in [0.1, 0.15) is 16.6 Å². The minimum absolute atomic E-state index is 0. The van der Waals surface area contributed by atoms with Crippen molar-refractivity contribution in [2.24, 2.45) is 4.99 Å². The molecule has 1 aromatic heterocycles. The number of hydrogen-bond acceptors (Lipinski definition) is 4. The molecule has 144 valence electrons. The van der Waals surface area contributed by atoms with Crippen LogP contribution in [-0.4, -0.2) is 24.6 Å². The molecular formula is C16H20F3IN4OS. The zero-order valence-corrected chi connectivity index (χ0v) is 17.4. The standard InChI is InChI=1S/C16H19F3N4OS.HI/c1-3-10-7-21-14(25-10)9-23-16(20-2)22-8-11-12(17)5-4-6-13(11)24-15(18)19;/h4-7,15H,3,8-9H2,1-2H3,(H2,20,22,23);1H. The molecule has 0 saturated heterocycles. The van der Waals surface area contributed by atoms with E-state index in [1.165, 1.54) is 23.1 Å². The van der Waals surface area contributed by atoms with Gasteiger partial charge in [-0.1, -0.05) is 13.0 Å². The van der Waals surface area contributed by atoms with Crippen molar-refractivity contribution >= 4 is 41.3 Å². The van der Waals surface area contributed by atoms with Crippen LogP contribution in [0.3, 0.4) is 0 Å². The zero-order chi connectivity index (χ0) is 18.2. The molecular weight excluding hydrogens is 480 g/mol. The Hall–Kier alpha value is -1.56. The fourth-order valence-electron chi connectivity index (χ4n) is 2.06. The van der Waals surface area contributed by atoms with Gasteiger partial charge in [-0.2, -0.15) is 8.78 Å². The van der Waals surface area contributed by atoms with Gasteiger partial charge in [0.25, 0.3) is 0 Å². The number of aromatic nitrogens is 1. The van der Waals surface area contributed by atoms with E-state index in [-0.39, 0.29) is 41.8 Å². The number of aliphatic imine (C=N–C) groups is 1. The van der Waals surface area contributed by atoms with Crippen LogP contribution >= 0.6 is 35.3 Å². The van der Waals surface area contributed by atoms with Gasteiger partial charge in [-0.05, 0) is 18.6 Å². The topological polar surface area (TPSA) is 58.5 Å². The second kappa shape index (κ2) is 11.2. The number of ether oxygens (including phenoxy) is 1. The fraction of sp³-hybridized carbons (Fsp3) is 0.375. The van der Waals surface area contributed by atoms with Crippen LogP contribution in [0.1, 0.15) is 22.4 Å². The predicted octanol–water partition coefficient (Wildman–Crippen LogP) is 3.93. The second-order valence-electron chi connectivity index (χ2n) is 4.95. The maximum atomic E-state index is 13.9. The summed E-state index contributed by atoms with van der Waals surface area (Å²) in [5.74, 6) is -0.432. The summed E-state index contributed by atoms with van der Waals surface area (Å²) in [6.07, 6.45) is 2.75. The van der Waals surface area contributed by atoms with E-state index in [1.54, 1.807) is 18.4 Å². The maximum Gasteiger partial charge on any atom is 0.387 e. The molecule has 0 amide bonds. The van der Waals surface area contributed by atoms with Gasteiger partial charge in [-0.15, -0.1) is 35.3 Å². The van der Waals surface area contributed by atoms with Crippen molar-refractivity contribution < 1.29 is 17.9 Å². The van der Waals surface area contributed by atoms with E-state index < -0.39 is 12.4 Å². The van der Waals surface area contributed by atoms with E-state index >= 15 is 0 Å². The lowest BCUT2D eigenvalue weighted by Gasteiger charge is -2.14. The molecule has 0 unspecified atom stereocenters. The minimum atomic E-state index is -3.02. The molecule has 0 bridgehead atoms. The molecule has 2 N–H and O–H groups in total. The number of benzene rings is 1. The third kappa shape index (κ3) is 6.63. The van der Waals surface area contributed by atoms with Crippen LogP contribution in [0, 0.1) is 5.82 Å². The molecule has 0 aliphatic carbocycles. The van der Waals surface area contributed by atoms with E-state index in [9.17, 15) is 13.2 Å². The van der Waals surface area contributed by atoms with Gasteiger partial charge >= 0.3 is 6.61 Å². The van der Waals surface area contributed by atoms with Crippen molar-refractivity contribution in [3.8, 4) is 5.75 Å². The van der Waals surface area contributed by atoms with Crippen LogP contribution in [0.15, 0.2) is 29.4 Å². The van der Waals surface area contributed by atoms with Crippen molar-refractivity contribution in [3.05, 3.63) is 45.7 Å². The van der Waals surface area contributed by atoms with Gasteiger partial charge in [-0.25, -0.2) is 9.37 Å². The SMILES string of the molecule is CCc1cnc(CNC(=NC)NCc2c(F)cccc2OC(F)F)s1.I. The largest absolute Gasteiger partial charge is 0.434 e. The lowest BCUT2D eigenvalue weighted by atomic mass is 10.2. The van der Waals surface area contributed by atoms with Crippen molar-refractivity contribution in [2.75, 3.05) is 7.05 Å². The summed E-state index contributed by atoms with van der Waals surface area (Å²) in [6, 6.07) is 3.80. The number of alkyl halides is 2. The average molecular weight is 500 g/mol. The van der Waals surface area contributed by atoms with Gasteiger partial charge in [0.15, 0.2) is 5.96 Å². The highest BCUT2D eigenvalue weighted by molar-refractivity contribution is 14.0. The first-order valence-electron chi connectivity index (χ1n) is 7.63. The molecule has 0 spiro atoms. The summed E-state index contributed by atoms with van der Waals surface area (Å²) in [5.41, 5.74) is 0.00766. The fourth-order valence-corrected chi connectivity index (χ4v) is 2.86. The number of nitrogens with one attached hydrogen (secondary N) is 2. The van der Waals surface area contributed by atoms with Crippen LogP contribution in [-0.2, 0) is 19.5 Å². The first-order chi connectivity index (χ1) is 12.0. The quantitative estimate of drug-likeness (QED) is 0.344. The molecule has 1 heterocycles. The highest BCUT2D eigenvalue weighted by Crippen LogP contribution is 2.23.